The highest BCUT2D eigenvalue weighted by Gasteiger charge is 2.29. The quantitative estimate of drug-likeness (QED) is 0.763. The fourth-order valence-corrected chi connectivity index (χ4v) is 3.72. The molecule has 0 heterocycles. The molecule has 2 aromatic carbocycles. The molecule has 0 unspecified atom stereocenters. The van der Waals surface area contributed by atoms with Crippen molar-refractivity contribution in [3.63, 3.8) is 0 Å². The van der Waals surface area contributed by atoms with Gasteiger partial charge < -0.3 is 4.74 Å². The zero-order chi connectivity index (χ0) is 14.5. The molecule has 1 heteroatoms. The van der Waals surface area contributed by atoms with Crippen molar-refractivity contribution in [2.24, 2.45) is 5.92 Å². The molecule has 0 radical (unpaired) electrons. The second-order valence-electron chi connectivity index (χ2n) is 6.07. The minimum atomic E-state index is 0.466. The lowest BCUT2D eigenvalue weighted by atomic mass is 9.73. The van der Waals surface area contributed by atoms with Crippen LogP contribution in [-0.4, -0.2) is 13.2 Å². The first-order valence-electron chi connectivity index (χ1n) is 8.01. The van der Waals surface area contributed by atoms with E-state index in [-0.39, 0.29) is 0 Å². The van der Waals surface area contributed by atoms with Gasteiger partial charge in [-0.25, -0.2) is 0 Å². The van der Waals surface area contributed by atoms with Crippen LogP contribution in [0.5, 0.6) is 0 Å². The van der Waals surface area contributed by atoms with Crippen molar-refractivity contribution in [1.29, 1.82) is 0 Å². The van der Waals surface area contributed by atoms with Gasteiger partial charge in [0.2, 0.25) is 0 Å². The van der Waals surface area contributed by atoms with Crippen molar-refractivity contribution in [3.8, 4) is 0 Å². The summed E-state index contributed by atoms with van der Waals surface area (Å²) in [5.41, 5.74) is 2.90. The Hall–Kier alpha value is -1.60. The third-order valence-corrected chi connectivity index (χ3v) is 4.84. The molecular formula is C20H24O. The van der Waals surface area contributed by atoms with Crippen molar-refractivity contribution in [3.05, 3.63) is 71.8 Å². The summed E-state index contributed by atoms with van der Waals surface area (Å²) in [6.07, 6.45) is 5.36. The minimum Gasteiger partial charge on any atom is -0.381 e. The van der Waals surface area contributed by atoms with Gasteiger partial charge in [0, 0.05) is 13.0 Å². The van der Waals surface area contributed by atoms with Crippen LogP contribution in [0.4, 0.5) is 0 Å². The third-order valence-electron chi connectivity index (χ3n) is 4.84. The molecule has 0 aliphatic heterocycles. The van der Waals surface area contributed by atoms with Crippen LogP contribution in [0.2, 0.25) is 0 Å². The monoisotopic (exact) mass is 280 g/mol. The number of hydrogen-bond acceptors (Lipinski definition) is 1. The van der Waals surface area contributed by atoms with Gasteiger partial charge >= 0.3 is 0 Å². The first-order chi connectivity index (χ1) is 10.4. The molecule has 0 atom stereocenters. The van der Waals surface area contributed by atoms with Crippen LogP contribution < -0.4 is 0 Å². The Kier molecular flexibility index (Phi) is 4.72. The number of hydrogen-bond donors (Lipinski definition) is 0. The molecule has 0 spiro atoms. The molecule has 2 aromatic rings. The highest BCUT2D eigenvalue weighted by Crippen LogP contribution is 2.40. The Labute approximate surface area is 128 Å². The molecule has 0 amide bonds. The molecule has 1 aliphatic carbocycles. The summed E-state index contributed by atoms with van der Waals surface area (Å²) in [5.74, 6) is 1.24. The largest absolute Gasteiger partial charge is 0.381 e. The van der Waals surface area contributed by atoms with Gasteiger partial charge in [0.05, 0.1) is 6.10 Å². The molecule has 0 bridgehead atoms. The molecule has 21 heavy (non-hydrogen) atoms. The second kappa shape index (κ2) is 6.91. The highest BCUT2D eigenvalue weighted by molar-refractivity contribution is 5.33. The standard InChI is InChI=1S/C20H24O/c1-21-19-14-12-18(13-15-19)20(16-8-4-2-5-9-16)17-10-6-3-7-11-17/h2-11,18-20H,12-15H2,1H3. The molecule has 3 rings (SSSR count). The first-order valence-corrected chi connectivity index (χ1v) is 8.01. The SMILES string of the molecule is COC1CCC(C(c2ccccc2)c2ccccc2)CC1. The van der Waals surface area contributed by atoms with E-state index in [1.165, 1.54) is 36.8 Å². The van der Waals surface area contributed by atoms with Crippen molar-refractivity contribution in [2.45, 2.75) is 37.7 Å². The molecule has 0 aromatic heterocycles. The third kappa shape index (κ3) is 3.36. The molecule has 110 valence electrons. The van der Waals surface area contributed by atoms with Crippen LogP contribution in [0.25, 0.3) is 0 Å². The predicted molar refractivity (Wildman–Crippen MR) is 87.5 cm³/mol. The Morgan fingerprint density at radius 1 is 0.762 bits per heavy atom. The normalized spacial score (nSPS) is 22.4. The number of methoxy groups -OCH3 is 1. The lowest BCUT2D eigenvalue weighted by molar-refractivity contribution is 0.0544. The Bertz CT molecular complexity index is 487. The molecule has 1 aliphatic rings. The molecule has 0 N–H and O–H groups in total. The number of ether oxygens (including phenoxy) is 1. The van der Waals surface area contributed by atoms with Crippen molar-refractivity contribution >= 4 is 0 Å². The second-order valence-corrected chi connectivity index (χ2v) is 6.07. The van der Waals surface area contributed by atoms with Gasteiger partial charge in [-0.3, -0.25) is 0 Å². The molecule has 1 nitrogen and oxygen atoms in total. The van der Waals surface area contributed by atoms with E-state index in [0.29, 0.717) is 12.0 Å². The molecule has 1 saturated carbocycles. The summed E-state index contributed by atoms with van der Waals surface area (Å²) in [5, 5.41) is 0. The molecule has 0 saturated heterocycles. The van der Waals surface area contributed by atoms with Crippen molar-refractivity contribution in [2.75, 3.05) is 7.11 Å². The summed E-state index contributed by atoms with van der Waals surface area (Å²) in [7, 11) is 1.84. The predicted octanol–water partition coefficient (Wildman–Crippen LogP) is 5.02. The summed E-state index contributed by atoms with van der Waals surface area (Å²) < 4.78 is 5.53. The van der Waals surface area contributed by atoms with Crippen LogP contribution in [0, 0.1) is 5.92 Å². The van der Waals surface area contributed by atoms with Gasteiger partial charge in [0.25, 0.3) is 0 Å². The van der Waals surface area contributed by atoms with E-state index in [1.807, 2.05) is 7.11 Å². The maximum atomic E-state index is 5.53. The Morgan fingerprint density at radius 2 is 1.24 bits per heavy atom. The topological polar surface area (TPSA) is 9.23 Å². The maximum absolute atomic E-state index is 5.53. The summed E-state index contributed by atoms with van der Waals surface area (Å²) in [6, 6.07) is 22.0. The van der Waals surface area contributed by atoms with E-state index in [1.54, 1.807) is 0 Å². The smallest absolute Gasteiger partial charge is 0.0571 e. The van der Waals surface area contributed by atoms with Crippen LogP contribution in [0.3, 0.4) is 0 Å². The van der Waals surface area contributed by atoms with Crippen LogP contribution in [-0.2, 0) is 4.74 Å². The van der Waals surface area contributed by atoms with E-state index in [9.17, 15) is 0 Å². The van der Waals surface area contributed by atoms with Gasteiger partial charge in [0.15, 0.2) is 0 Å². The molecule has 1 fully saturated rings. The van der Waals surface area contributed by atoms with E-state index in [4.69, 9.17) is 4.74 Å². The maximum Gasteiger partial charge on any atom is 0.0571 e. The van der Waals surface area contributed by atoms with Crippen LogP contribution in [0.15, 0.2) is 60.7 Å². The fourth-order valence-electron chi connectivity index (χ4n) is 3.72. The number of rotatable bonds is 4. The van der Waals surface area contributed by atoms with Gasteiger partial charge in [-0.05, 0) is 42.7 Å². The van der Waals surface area contributed by atoms with Crippen molar-refractivity contribution < 1.29 is 4.74 Å². The first kappa shape index (κ1) is 14.3. The van der Waals surface area contributed by atoms with Gasteiger partial charge in [-0.15, -0.1) is 0 Å². The Morgan fingerprint density at radius 3 is 1.67 bits per heavy atom. The lowest BCUT2D eigenvalue weighted by Gasteiger charge is -2.34. The highest BCUT2D eigenvalue weighted by atomic mass is 16.5. The van der Waals surface area contributed by atoms with Crippen LogP contribution >= 0.6 is 0 Å². The lowest BCUT2D eigenvalue weighted by Crippen LogP contribution is -2.25. The van der Waals surface area contributed by atoms with E-state index < -0.39 is 0 Å². The average molecular weight is 280 g/mol. The minimum absolute atomic E-state index is 0.466. The summed E-state index contributed by atoms with van der Waals surface area (Å²) in [6.45, 7) is 0. The molecular weight excluding hydrogens is 256 g/mol. The number of benzene rings is 2. The van der Waals surface area contributed by atoms with Crippen molar-refractivity contribution in [1.82, 2.24) is 0 Å². The van der Waals surface area contributed by atoms with Gasteiger partial charge in [-0.2, -0.15) is 0 Å². The van der Waals surface area contributed by atoms with E-state index >= 15 is 0 Å². The summed E-state index contributed by atoms with van der Waals surface area (Å²) >= 11 is 0. The van der Waals surface area contributed by atoms with Crippen LogP contribution in [0.1, 0.15) is 42.7 Å². The zero-order valence-electron chi connectivity index (χ0n) is 12.7. The van der Waals surface area contributed by atoms with E-state index in [2.05, 4.69) is 60.7 Å². The van der Waals surface area contributed by atoms with E-state index in [0.717, 1.165) is 5.92 Å². The average Bonchev–Trinajstić information content (AvgIpc) is 2.58. The van der Waals surface area contributed by atoms with Gasteiger partial charge in [-0.1, -0.05) is 60.7 Å². The summed E-state index contributed by atoms with van der Waals surface area (Å²) in [4.78, 5) is 0. The zero-order valence-corrected chi connectivity index (χ0v) is 12.7. The van der Waals surface area contributed by atoms with Gasteiger partial charge in [0.1, 0.15) is 0 Å². The Balaban J connectivity index is 1.87. The fraction of sp³-hybridized carbons (Fsp3) is 0.400.